The molecule has 3 heteroatoms. The van der Waals surface area contributed by atoms with Crippen LogP contribution in [0.1, 0.15) is 24.3 Å². The molecule has 0 aromatic heterocycles. The molecule has 0 atom stereocenters. The average molecular weight is 255 g/mol. The van der Waals surface area contributed by atoms with Crippen LogP contribution in [0.2, 0.25) is 0 Å². The van der Waals surface area contributed by atoms with E-state index in [2.05, 4.69) is 15.9 Å². The topological polar surface area (TPSA) is 26.3 Å². The molecule has 0 bridgehead atoms. The molecular formula is C11H11BrO2. The highest BCUT2D eigenvalue weighted by atomic mass is 79.9. The predicted molar refractivity (Wildman–Crippen MR) is 57.7 cm³/mol. The second-order valence-electron chi connectivity index (χ2n) is 3.53. The third-order valence-corrected chi connectivity index (χ3v) is 3.08. The maximum absolute atomic E-state index is 10.9. The summed E-state index contributed by atoms with van der Waals surface area (Å²) < 4.78 is 6.28. The molecule has 1 saturated carbocycles. The van der Waals surface area contributed by atoms with Crippen LogP contribution >= 0.6 is 15.9 Å². The molecule has 1 aromatic carbocycles. The molecule has 1 aliphatic rings. The second-order valence-corrected chi connectivity index (χ2v) is 4.45. The van der Waals surface area contributed by atoms with Gasteiger partial charge in [0, 0.05) is 23.2 Å². The van der Waals surface area contributed by atoms with Crippen molar-refractivity contribution in [3.8, 4) is 5.75 Å². The van der Waals surface area contributed by atoms with E-state index in [1.54, 1.807) is 7.11 Å². The number of hydrogen-bond acceptors (Lipinski definition) is 2. The number of Topliss-reactive ketones (excluding diaryl/α,β-unsaturated/α-hetero) is 1. The summed E-state index contributed by atoms with van der Waals surface area (Å²) in [6, 6.07) is 5.96. The first-order valence-corrected chi connectivity index (χ1v) is 5.35. The second kappa shape index (κ2) is 3.73. The number of benzene rings is 1. The third-order valence-electron chi connectivity index (χ3n) is 2.58. The molecule has 0 saturated heterocycles. The van der Waals surface area contributed by atoms with Crippen LogP contribution in [0, 0.1) is 0 Å². The van der Waals surface area contributed by atoms with Gasteiger partial charge in [0.25, 0.3) is 0 Å². The van der Waals surface area contributed by atoms with E-state index in [0.29, 0.717) is 24.5 Å². The van der Waals surface area contributed by atoms with Gasteiger partial charge in [-0.1, -0.05) is 22.0 Å². The van der Waals surface area contributed by atoms with Crippen LogP contribution < -0.4 is 4.74 Å². The van der Waals surface area contributed by atoms with E-state index in [0.717, 1.165) is 15.8 Å². The van der Waals surface area contributed by atoms with Gasteiger partial charge in [-0.2, -0.15) is 0 Å². The molecule has 1 fully saturated rings. The van der Waals surface area contributed by atoms with Gasteiger partial charge in [0.1, 0.15) is 11.5 Å². The predicted octanol–water partition coefficient (Wildman–Crippen LogP) is 2.90. The van der Waals surface area contributed by atoms with Gasteiger partial charge in [-0.3, -0.25) is 4.79 Å². The quantitative estimate of drug-likeness (QED) is 0.812. The number of rotatable bonds is 2. The van der Waals surface area contributed by atoms with Crippen LogP contribution in [0.4, 0.5) is 0 Å². The summed E-state index contributed by atoms with van der Waals surface area (Å²) in [5, 5.41) is 0. The first-order chi connectivity index (χ1) is 6.70. The average Bonchev–Trinajstić information content (AvgIpc) is 2.13. The first-order valence-electron chi connectivity index (χ1n) is 4.56. The number of hydrogen-bond donors (Lipinski definition) is 0. The van der Waals surface area contributed by atoms with E-state index in [1.807, 2.05) is 18.2 Å². The Morgan fingerprint density at radius 3 is 2.71 bits per heavy atom. The van der Waals surface area contributed by atoms with Crippen LogP contribution in [0.15, 0.2) is 22.7 Å². The number of carbonyl (C=O) groups is 1. The lowest BCUT2D eigenvalue weighted by Gasteiger charge is -2.26. The summed E-state index contributed by atoms with van der Waals surface area (Å²) in [6.07, 6.45) is 1.33. The smallest absolute Gasteiger partial charge is 0.134 e. The van der Waals surface area contributed by atoms with Crippen molar-refractivity contribution in [2.45, 2.75) is 18.8 Å². The van der Waals surface area contributed by atoms with Crippen molar-refractivity contribution in [3.63, 3.8) is 0 Å². The highest BCUT2D eigenvalue weighted by Gasteiger charge is 2.29. The zero-order chi connectivity index (χ0) is 10.1. The lowest BCUT2D eigenvalue weighted by molar-refractivity contribution is -0.124. The number of halogens is 1. The monoisotopic (exact) mass is 254 g/mol. The van der Waals surface area contributed by atoms with E-state index in [1.165, 1.54) is 0 Å². The van der Waals surface area contributed by atoms with Crippen LogP contribution in [0.5, 0.6) is 5.75 Å². The minimum atomic E-state index is 0.347. The van der Waals surface area contributed by atoms with Gasteiger partial charge in [-0.25, -0.2) is 0 Å². The van der Waals surface area contributed by atoms with Crippen molar-refractivity contribution in [1.82, 2.24) is 0 Å². The van der Waals surface area contributed by atoms with E-state index in [9.17, 15) is 4.79 Å². The Balaban J connectivity index is 2.28. The summed E-state index contributed by atoms with van der Waals surface area (Å²) in [4.78, 5) is 10.9. The molecule has 2 nitrogen and oxygen atoms in total. The Labute approximate surface area is 91.4 Å². The SMILES string of the molecule is COc1cc(Br)ccc1C1CC(=O)C1. The summed E-state index contributed by atoms with van der Waals surface area (Å²) in [5.41, 5.74) is 1.15. The molecule has 14 heavy (non-hydrogen) atoms. The molecule has 0 unspecified atom stereocenters. The maximum atomic E-state index is 10.9. The summed E-state index contributed by atoms with van der Waals surface area (Å²) in [6.45, 7) is 0. The van der Waals surface area contributed by atoms with Crippen LogP contribution in [-0.2, 0) is 4.79 Å². The standard InChI is InChI=1S/C11H11BrO2/c1-14-11-6-8(12)2-3-10(11)7-4-9(13)5-7/h2-3,6-7H,4-5H2,1H3. The van der Waals surface area contributed by atoms with Crippen molar-refractivity contribution in [2.24, 2.45) is 0 Å². The summed E-state index contributed by atoms with van der Waals surface area (Å²) in [7, 11) is 1.66. The molecule has 74 valence electrons. The van der Waals surface area contributed by atoms with Crippen molar-refractivity contribution < 1.29 is 9.53 Å². The highest BCUT2D eigenvalue weighted by Crippen LogP contribution is 2.39. The van der Waals surface area contributed by atoms with Gasteiger partial charge >= 0.3 is 0 Å². The van der Waals surface area contributed by atoms with Crippen molar-refractivity contribution in [2.75, 3.05) is 7.11 Å². The summed E-state index contributed by atoms with van der Waals surface area (Å²) in [5.74, 6) is 1.59. The van der Waals surface area contributed by atoms with E-state index < -0.39 is 0 Å². The minimum Gasteiger partial charge on any atom is -0.496 e. The number of ketones is 1. The molecule has 1 aromatic rings. The van der Waals surface area contributed by atoms with Crippen molar-refractivity contribution >= 4 is 21.7 Å². The van der Waals surface area contributed by atoms with Crippen LogP contribution in [0.3, 0.4) is 0 Å². The molecule has 0 N–H and O–H groups in total. The number of methoxy groups -OCH3 is 1. The molecule has 1 aliphatic carbocycles. The fraction of sp³-hybridized carbons (Fsp3) is 0.364. The van der Waals surface area contributed by atoms with Gasteiger partial charge in [0.2, 0.25) is 0 Å². The number of carbonyl (C=O) groups excluding carboxylic acids is 1. The Kier molecular flexibility index (Phi) is 2.59. The summed E-state index contributed by atoms with van der Waals surface area (Å²) >= 11 is 3.39. The van der Waals surface area contributed by atoms with Gasteiger partial charge in [0.05, 0.1) is 7.11 Å². The van der Waals surface area contributed by atoms with Gasteiger partial charge < -0.3 is 4.74 Å². The van der Waals surface area contributed by atoms with Gasteiger partial charge in [0.15, 0.2) is 0 Å². The Morgan fingerprint density at radius 1 is 1.43 bits per heavy atom. The highest BCUT2D eigenvalue weighted by molar-refractivity contribution is 9.10. The molecule has 0 aliphatic heterocycles. The first kappa shape index (κ1) is 9.71. The minimum absolute atomic E-state index is 0.347. The fourth-order valence-corrected chi connectivity index (χ4v) is 2.07. The maximum Gasteiger partial charge on any atom is 0.134 e. The van der Waals surface area contributed by atoms with E-state index in [-0.39, 0.29) is 0 Å². The molecule has 0 heterocycles. The zero-order valence-electron chi connectivity index (χ0n) is 7.92. The van der Waals surface area contributed by atoms with Crippen LogP contribution in [-0.4, -0.2) is 12.9 Å². The van der Waals surface area contributed by atoms with E-state index in [4.69, 9.17) is 4.74 Å². The molecule has 0 spiro atoms. The zero-order valence-corrected chi connectivity index (χ0v) is 9.50. The van der Waals surface area contributed by atoms with Gasteiger partial charge in [-0.05, 0) is 17.7 Å². The van der Waals surface area contributed by atoms with Crippen molar-refractivity contribution in [1.29, 1.82) is 0 Å². The van der Waals surface area contributed by atoms with E-state index >= 15 is 0 Å². The van der Waals surface area contributed by atoms with Crippen molar-refractivity contribution in [3.05, 3.63) is 28.2 Å². The Hall–Kier alpha value is -0.830. The molecule has 0 radical (unpaired) electrons. The molecular weight excluding hydrogens is 244 g/mol. The fourth-order valence-electron chi connectivity index (χ4n) is 1.73. The Bertz CT molecular complexity index is 366. The number of ether oxygens (including phenoxy) is 1. The molecule has 0 amide bonds. The normalized spacial score (nSPS) is 16.6. The lowest BCUT2D eigenvalue weighted by atomic mass is 9.78. The van der Waals surface area contributed by atoms with Crippen LogP contribution in [0.25, 0.3) is 0 Å². The lowest BCUT2D eigenvalue weighted by Crippen LogP contribution is -2.21. The van der Waals surface area contributed by atoms with Gasteiger partial charge in [-0.15, -0.1) is 0 Å². The Morgan fingerprint density at radius 2 is 2.14 bits per heavy atom. The molecule has 2 rings (SSSR count). The third kappa shape index (κ3) is 1.69. The largest absolute Gasteiger partial charge is 0.496 e.